The van der Waals surface area contributed by atoms with Gasteiger partial charge in [0.2, 0.25) is 0 Å². The third-order valence-corrected chi connectivity index (χ3v) is 2.20. The highest BCUT2D eigenvalue weighted by Crippen LogP contribution is 2.14. The second-order valence-electron chi connectivity index (χ2n) is 2.71. The minimum Gasteiger partial charge on any atom is -0.481 e. The zero-order chi connectivity index (χ0) is 10.6. The van der Waals surface area contributed by atoms with Crippen LogP contribution in [0.4, 0.5) is 0 Å². The molecule has 76 valence electrons. The number of halogens is 1. The van der Waals surface area contributed by atoms with Gasteiger partial charge in [0.15, 0.2) is 6.23 Å². The normalized spacial score (nSPS) is 12.1. The predicted octanol–water partition coefficient (Wildman–Crippen LogP) is 1.43. The highest BCUT2D eigenvalue weighted by Gasteiger charge is 2.08. The zero-order valence-corrected chi connectivity index (χ0v) is 9.47. The third-order valence-electron chi connectivity index (χ3n) is 1.48. The van der Waals surface area contributed by atoms with Crippen molar-refractivity contribution in [1.29, 1.82) is 0 Å². The molecule has 0 fully saturated rings. The number of hydrogen-bond donors (Lipinski definition) is 2. The Morgan fingerprint density at radius 1 is 1.50 bits per heavy atom. The Labute approximate surface area is 95.2 Å². The monoisotopic (exact) mass is 307 g/mol. The van der Waals surface area contributed by atoms with Crippen LogP contribution in [0, 0.1) is 3.57 Å². The first-order chi connectivity index (χ1) is 6.58. The van der Waals surface area contributed by atoms with Crippen LogP contribution in [0.5, 0.6) is 5.75 Å². The summed E-state index contributed by atoms with van der Waals surface area (Å²) in [7, 11) is 0. The molecular formula is C9H10INO3. The van der Waals surface area contributed by atoms with Crippen molar-refractivity contribution in [3.05, 3.63) is 27.8 Å². The van der Waals surface area contributed by atoms with Crippen molar-refractivity contribution in [2.24, 2.45) is 5.73 Å². The first kappa shape index (κ1) is 11.3. The molecule has 0 saturated heterocycles. The summed E-state index contributed by atoms with van der Waals surface area (Å²) in [5.74, 6) is -0.387. The number of carboxylic acid groups (broad SMARTS) is 1. The van der Waals surface area contributed by atoms with Gasteiger partial charge in [-0.15, -0.1) is 0 Å². The van der Waals surface area contributed by atoms with Crippen LogP contribution in [0.15, 0.2) is 24.3 Å². The van der Waals surface area contributed by atoms with Crippen LogP contribution < -0.4 is 10.5 Å². The molecule has 1 rings (SSSR count). The molecule has 14 heavy (non-hydrogen) atoms. The van der Waals surface area contributed by atoms with Crippen molar-refractivity contribution in [2.75, 3.05) is 0 Å². The van der Waals surface area contributed by atoms with E-state index in [4.69, 9.17) is 15.6 Å². The Morgan fingerprint density at radius 3 is 2.57 bits per heavy atom. The van der Waals surface area contributed by atoms with Crippen molar-refractivity contribution in [1.82, 2.24) is 0 Å². The van der Waals surface area contributed by atoms with E-state index in [2.05, 4.69) is 22.6 Å². The smallest absolute Gasteiger partial charge is 0.308 e. The maximum atomic E-state index is 10.3. The lowest BCUT2D eigenvalue weighted by atomic mass is 10.3. The third kappa shape index (κ3) is 3.93. The van der Waals surface area contributed by atoms with E-state index in [0.717, 1.165) is 3.57 Å². The Hall–Kier alpha value is -0.820. The Bertz CT molecular complexity index is 312. The van der Waals surface area contributed by atoms with Crippen LogP contribution in [0.1, 0.15) is 6.42 Å². The number of hydrogen-bond acceptors (Lipinski definition) is 3. The maximum Gasteiger partial charge on any atom is 0.308 e. The molecular weight excluding hydrogens is 297 g/mol. The molecule has 0 spiro atoms. The summed E-state index contributed by atoms with van der Waals surface area (Å²) < 4.78 is 6.26. The first-order valence-corrected chi connectivity index (χ1v) is 5.05. The van der Waals surface area contributed by atoms with Crippen molar-refractivity contribution in [3.8, 4) is 5.75 Å². The SMILES string of the molecule is NC(CC(=O)O)Oc1ccc(I)cc1. The number of nitrogens with two attached hydrogens (primary N) is 1. The zero-order valence-electron chi connectivity index (χ0n) is 7.31. The number of carboxylic acids is 1. The maximum absolute atomic E-state index is 10.3. The molecule has 0 aliphatic rings. The fourth-order valence-corrected chi connectivity index (χ4v) is 1.26. The van der Waals surface area contributed by atoms with Crippen molar-refractivity contribution < 1.29 is 14.6 Å². The number of rotatable bonds is 4. The molecule has 5 heteroatoms. The van der Waals surface area contributed by atoms with Gasteiger partial charge < -0.3 is 9.84 Å². The van der Waals surface area contributed by atoms with Crippen LogP contribution in [-0.4, -0.2) is 17.3 Å². The lowest BCUT2D eigenvalue weighted by molar-refractivity contribution is -0.138. The summed E-state index contributed by atoms with van der Waals surface area (Å²) in [6.45, 7) is 0. The summed E-state index contributed by atoms with van der Waals surface area (Å²) in [5, 5.41) is 8.44. The largest absolute Gasteiger partial charge is 0.481 e. The van der Waals surface area contributed by atoms with E-state index < -0.39 is 12.2 Å². The van der Waals surface area contributed by atoms with Crippen LogP contribution in [0.25, 0.3) is 0 Å². The van der Waals surface area contributed by atoms with Crippen molar-refractivity contribution >= 4 is 28.6 Å². The minimum atomic E-state index is -0.969. The molecule has 0 aromatic heterocycles. The average Bonchev–Trinajstić information content (AvgIpc) is 2.07. The minimum absolute atomic E-state index is 0.202. The van der Waals surface area contributed by atoms with Gasteiger partial charge in [0.25, 0.3) is 0 Å². The van der Waals surface area contributed by atoms with Gasteiger partial charge in [0.1, 0.15) is 5.75 Å². The molecule has 1 aromatic rings. The van der Waals surface area contributed by atoms with E-state index in [1.54, 1.807) is 12.1 Å². The standard InChI is InChI=1S/C9H10INO3/c10-6-1-3-7(4-2-6)14-8(11)5-9(12)13/h1-4,8H,5,11H2,(H,12,13). The van der Waals surface area contributed by atoms with Crippen LogP contribution in [-0.2, 0) is 4.79 Å². The van der Waals surface area contributed by atoms with Gasteiger partial charge >= 0.3 is 5.97 Å². The molecule has 0 amide bonds. The Balaban J connectivity index is 2.51. The highest BCUT2D eigenvalue weighted by atomic mass is 127. The predicted molar refractivity (Wildman–Crippen MR) is 60.0 cm³/mol. The van der Waals surface area contributed by atoms with E-state index >= 15 is 0 Å². The number of benzene rings is 1. The fourth-order valence-electron chi connectivity index (χ4n) is 0.902. The Kier molecular flexibility index (Phi) is 4.15. The van der Waals surface area contributed by atoms with Crippen LogP contribution in [0.2, 0.25) is 0 Å². The second kappa shape index (κ2) is 5.16. The topological polar surface area (TPSA) is 72.6 Å². The highest BCUT2D eigenvalue weighted by molar-refractivity contribution is 14.1. The second-order valence-corrected chi connectivity index (χ2v) is 3.95. The van der Waals surface area contributed by atoms with E-state index in [1.165, 1.54) is 0 Å². The van der Waals surface area contributed by atoms with Gasteiger partial charge in [-0.05, 0) is 46.9 Å². The van der Waals surface area contributed by atoms with E-state index in [1.807, 2.05) is 12.1 Å². The van der Waals surface area contributed by atoms with Gasteiger partial charge in [0, 0.05) is 3.57 Å². The summed E-state index contributed by atoms with van der Waals surface area (Å²) >= 11 is 2.17. The number of aliphatic carboxylic acids is 1. The molecule has 0 aliphatic heterocycles. The van der Waals surface area contributed by atoms with Crippen molar-refractivity contribution in [2.45, 2.75) is 12.6 Å². The molecule has 4 nitrogen and oxygen atoms in total. The van der Waals surface area contributed by atoms with E-state index in [-0.39, 0.29) is 6.42 Å². The molecule has 0 saturated carbocycles. The van der Waals surface area contributed by atoms with Gasteiger partial charge in [0.05, 0.1) is 6.42 Å². The van der Waals surface area contributed by atoms with Crippen LogP contribution in [0.3, 0.4) is 0 Å². The summed E-state index contributed by atoms with van der Waals surface area (Å²) in [5.41, 5.74) is 5.44. The molecule has 0 aliphatic carbocycles. The van der Waals surface area contributed by atoms with Gasteiger partial charge in [-0.2, -0.15) is 0 Å². The molecule has 0 heterocycles. The Morgan fingerprint density at radius 2 is 2.07 bits per heavy atom. The van der Waals surface area contributed by atoms with Crippen LogP contribution >= 0.6 is 22.6 Å². The molecule has 1 unspecified atom stereocenters. The lowest BCUT2D eigenvalue weighted by Crippen LogP contribution is -2.29. The quantitative estimate of drug-likeness (QED) is 0.652. The number of ether oxygens (including phenoxy) is 1. The summed E-state index contributed by atoms with van der Waals surface area (Å²) in [4.78, 5) is 10.3. The molecule has 0 radical (unpaired) electrons. The molecule has 0 bridgehead atoms. The first-order valence-electron chi connectivity index (χ1n) is 3.97. The fraction of sp³-hybridized carbons (Fsp3) is 0.222. The molecule has 1 atom stereocenters. The van der Waals surface area contributed by atoms with Gasteiger partial charge in [-0.25, -0.2) is 0 Å². The van der Waals surface area contributed by atoms with Gasteiger partial charge in [-0.1, -0.05) is 0 Å². The average molecular weight is 307 g/mol. The summed E-state index contributed by atoms with van der Waals surface area (Å²) in [6, 6.07) is 7.24. The number of carbonyl (C=O) groups is 1. The molecule has 3 N–H and O–H groups in total. The van der Waals surface area contributed by atoms with Crippen molar-refractivity contribution in [3.63, 3.8) is 0 Å². The van der Waals surface area contributed by atoms with E-state index in [0.29, 0.717) is 5.75 Å². The van der Waals surface area contributed by atoms with Gasteiger partial charge in [-0.3, -0.25) is 10.5 Å². The lowest BCUT2D eigenvalue weighted by Gasteiger charge is -2.12. The summed E-state index contributed by atoms with van der Waals surface area (Å²) in [6.07, 6.45) is -1.00. The molecule has 1 aromatic carbocycles. The van der Waals surface area contributed by atoms with E-state index in [9.17, 15) is 4.79 Å².